The van der Waals surface area contributed by atoms with Crippen LogP contribution in [0.25, 0.3) is 0 Å². The molecule has 2 rings (SSSR count). The number of hydrogen-bond acceptors (Lipinski definition) is 9. The van der Waals surface area contributed by atoms with E-state index in [9.17, 15) is 19.2 Å². The van der Waals surface area contributed by atoms with Crippen LogP contribution < -0.4 is 0 Å². The minimum Gasteiger partial charge on any atom is -0.427 e. The van der Waals surface area contributed by atoms with Gasteiger partial charge in [-0.2, -0.15) is 0 Å². The molecule has 0 amide bonds. The maximum absolute atomic E-state index is 12.2. The summed E-state index contributed by atoms with van der Waals surface area (Å²) in [4.78, 5) is 48.6. The number of Topliss-reactive ketones (excluding diaryl/α,β-unsaturated/α-hetero) is 2. The van der Waals surface area contributed by atoms with Gasteiger partial charge in [-0.15, -0.1) is 0 Å². The fourth-order valence-electron chi connectivity index (χ4n) is 2.63. The first-order valence-corrected chi connectivity index (χ1v) is 10.4. The van der Waals surface area contributed by atoms with Gasteiger partial charge >= 0.3 is 11.9 Å². The summed E-state index contributed by atoms with van der Waals surface area (Å²) in [6.45, 7) is 3.23. The summed E-state index contributed by atoms with van der Waals surface area (Å²) < 4.78 is 26.2. The number of carbonyl (C=O) groups is 4. The zero-order chi connectivity index (χ0) is 24.1. The summed E-state index contributed by atoms with van der Waals surface area (Å²) in [6.07, 6.45) is -2.34. The highest BCUT2D eigenvalue weighted by Crippen LogP contribution is 2.07. The second kappa shape index (κ2) is 13.9. The predicted molar refractivity (Wildman–Crippen MR) is 115 cm³/mol. The van der Waals surface area contributed by atoms with Crippen LogP contribution in [-0.4, -0.2) is 62.5 Å². The predicted octanol–water partition coefficient (Wildman–Crippen LogP) is 2.58. The minimum atomic E-state index is -1.17. The third kappa shape index (κ3) is 8.57. The van der Waals surface area contributed by atoms with Crippen molar-refractivity contribution in [1.29, 1.82) is 0 Å². The van der Waals surface area contributed by atoms with Gasteiger partial charge in [-0.05, 0) is 13.8 Å². The SMILES string of the molecule is CCOC(COCC(OCC)OC(=O)C(=O)c1ccccc1)OC(=O)C(=O)c1ccccc1. The van der Waals surface area contributed by atoms with E-state index < -0.39 is 36.1 Å². The van der Waals surface area contributed by atoms with Crippen LogP contribution in [0.1, 0.15) is 34.6 Å². The maximum Gasteiger partial charge on any atom is 0.382 e. The summed E-state index contributed by atoms with van der Waals surface area (Å²) in [6, 6.07) is 15.9. The van der Waals surface area contributed by atoms with Gasteiger partial charge in [0.15, 0.2) is 0 Å². The van der Waals surface area contributed by atoms with Gasteiger partial charge in [0.1, 0.15) is 13.2 Å². The fraction of sp³-hybridized carbons (Fsp3) is 0.333. The average Bonchev–Trinajstić information content (AvgIpc) is 2.84. The topological polar surface area (TPSA) is 114 Å². The van der Waals surface area contributed by atoms with Crippen molar-refractivity contribution in [2.45, 2.75) is 26.4 Å². The Morgan fingerprint density at radius 2 is 1.00 bits per heavy atom. The van der Waals surface area contributed by atoms with Crippen LogP contribution in [0.4, 0.5) is 0 Å². The summed E-state index contributed by atoms with van der Waals surface area (Å²) in [5, 5.41) is 0. The lowest BCUT2D eigenvalue weighted by molar-refractivity contribution is -0.204. The Morgan fingerprint density at radius 1 is 0.636 bits per heavy atom. The van der Waals surface area contributed by atoms with E-state index >= 15 is 0 Å². The van der Waals surface area contributed by atoms with Gasteiger partial charge in [0.2, 0.25) is 12.6 Å². The first-order chi connectivity index (χ1) is 16.0. The van der Waals surface area contributed by atoms with Crippen LogP contribution in [0, 0.1) is 0 Å². The summed E-state index contributed by atoms with van der Waals surface area (Å²) >= 11 is 0. The molecule has 0 saturated carbocycles. The molecule has 0 heterocycles. The Bertz CT molecular complexity index is 837. The van der Waals surface area contributed by atoms with Crippen molar-refractivity contribution >= 4 is 23.5 Å². The van der Waals surface area contributed by atoms with E-state index in [2.05, 4.69) is 0 Å². The summed E-state index contributed by atoms with van der Waals surface area (Å²) in [5.74, 6) is -3.82. The molecule has 2 aromatic rings. The number of ketones is 2. The van der Waals surface area contributed by atoms with Crippen molar-refractivity contribution in [3.8, 4) is 0 Å². The number of benzene rings is 2. The molecule has 0 fully saturated rings. The second-order valence-corrected chi connectivity index (χ2v) is 6.51. The quantitative estimate of drug-likeness (QED) is 0.182. The molecule has 0 aromatic heterocycles. The van der Waals surface area contributed by atoms with Gasteiger partial charge in [-0.1, -0.05) is 60.7 Å². The van der Waals surface area contributed by atoms with Crippen LogP contribution in [0.5, 0.6) is 0 Å². The van der Waals surface area contributed by atoms with Gasteiger partial charge in [0, 0.05) is 24.3 Å². The summed E-state index contributed by atoms with van der Waals surface area (Å²) in [7, 11) is 0. The van der Waals surface area contributed by atoms with E-state index in [1.165, 1.54) is 24.3 Å². The molecule has 9 nitrogen and oxygen atoms in total. The van der Waals surface area contributed by atoms with Crippen LogP contribution in [-0.2, 0) is 33.3 Å². The lowest BCUT2D eigenvalue weighted by Crippen LogP contribution is -2.34. The Balaban J connectivity index is 1.88. The largest absolute Gasteiger partial charge is 0.427 e. The number of rotatable bonds is 14. The monoisotopic (exact) mass is 458 g/mol. The van der Waals surface area contributed by atoms with Crippen molar-refractivity contribution in [3.05, 3.63) is 71.8 Å². The Kier molecular flexibility index (Phi) is 10.9. The highest BCUT2D eigenvalue weighted by Gasteiger charge is 2.25. The summed E-state index contributed by atoms with van der Waals surface area (Å²) in [5.41, 5.74) is 0.371. The smallest absolute Gasteiger partial charge is 0.382 e. The number of carbonyl (C=O) groups excluding carboxylic acids is 4. The molecule has 0 aliphatic heterocycles. The molecule has 9 heteroatoms. The molecule has 0 aliphatic rings. The van der Waals surface area contributed by atoms with Gasteiger partial charge in [0.05, 0.1) is 0 Å². The number of esters is 2. The fourth-order valence-corrected chi connectivity index (χ4v) is 2.63. The highest BCUT2D eigenvalue weighted by atomic mass is 16.7. The molecule has 0 N–H and O–H groups in total. The van der Waals surface area contributed by atoms with E-state index in [4.69, 9.17) is 23.7 Å². The molecule has 0 bridgehead atoms. The molecular formula is C24H26O9. The van der Waals surface area contributed by atoms with Crippen molar-refractivity contribution in [2.75, 3.05) is 26.4 Å². The molecule has 0 spiro atoms. The van der Waals surface area contributed by atoms with E-state index in [0.717, 1.165) is 0 Å². The van der Waals surface area contributed by atoms with Crippen molar-refractivity contribution in [3.63, 3.8) is 0 Å². The molecule has 2 atom stereocenters. The highest BCUT2D eigenvalue weighted by molar-refractivity contribution is 6.41. The first-order valence-electron chi connectivity index (χ1n) is 10.4. The van der Waals surface area contributed by atoms with Gasteiger partial charge < -0.3 is 23.7 Å². The Hall–Kier alpha value is -3.40. The molecule has 0 radical (unpaired) electrons. The zero-order valence-electron chi connectivity index (χ0n) is 18.4. The molecule has 2 aromatic carbocycles. The molecule has 33 heavy (non-hydrogen) atoms. The van der Waals surface area contributed by atoms with Crippen LogP contribution >= 0.6 is 0 Å². The minimum absolute atomic E-state index is 0.185. The van der Waals surface area contributed by atoms with Crippen LogP contribution in [0.2, 0.25) is 0 Å². The van der Waals surface area contributed by atoms with E-state index in [0.29, 0.717) is 0 Å². The first kappa shape index (κ1) is 25.9. The van der Waals surface area contributed by atoms with E-state index in [1.807, 2.05) is 0 Å². The van der Waals surface area contributed by atoms with Crippen molar-refractivity contribution in [1.82, 2.24) is 0 Å². The zero-order valence-corrected chi connectivity index (χ0v) is 18.4. The van der Waals surface area contributed by atoms with E-state index in [-0.39, 0.29) is 37.6 Å². The molecule has 0 aliphatic carbocycles. The lowest BCUT2D eigenvalue weighted by Gasteiger charge is -2.20. The maximum atomic E-state index is 12.2. The van der Waals surface area contributed by atoms with Crippen molar-refractivity contribution < 1.29 is 42.9 Å². The Morgan fingerprint density at radius 3 is 1.33 bits per heavy atom. The van der Waals surface area contributed by atoms with Crippen LogP contribution in [0.15, 0.2) is 60.7 Å². The molecule has 0 saturated heterocycles. The lowest BCUT2D eigenvalue weighted by atomic mass is 10.1. The third-order valence-electron chi connectivity index (χ3n) is 4.13. The van der Waals surface area contributed by atoms with Gasteiger partial charge in [-0.25, -0.2) is 9.59 Å². The molecule has 2 unspecified atom stereocenters. The average molecular weight is 458 g/mol. The van der Waals surface area contributed by atoms with Gasteiger partial charge in [0.25, 0.3) is 11.6 Å². The van der Waals surface area contributed by atoms with E-state index in [1.54, 1.807) is 50.2 Å². The van der Waals surface area contributed by atoms with Crippen molar-refractivity contribution in [2.24, 2.45) is 0 Å². The standard InChI is InChI=1S/C24H26O9/c1-3-30-19(32-23(27)21(25)17-11-7-5-8-12-17)15-29-16-20(31-4-2)33-24(28)22(26)18-13-9-6-10-14-18/h5-14,19-20H,3-4,15-16H2,1-2H3. The normalized spacial score (nSPS) is 12.4. The van der Waals surface area contributed by atoms with Crippen LogP contribution in [0.3, 0.4) is 0 Å². The molecular weight excluding hydrogens is 432 g/mol. The molecule has 176 valence electrons. The Labute approximate surface area is 191 Å². The third-order valence-corrected chi connectivity index (χ3v) is 4.13. The van der Waals surface area contributed by atoms with Gasteiger partial charge in [-0.3, -0.25) is 9.59 Å². The number of ether oxygens (including phenoxy) is 5. The number of hydrogen-bond donors (Lipinski definition) is 0. The second-order valence-electron chi connectivity index (χ2n) is 6.51.